The van der Waals surface area contributed by atoms with Crippen molar-refractivity contribution in [3.05, 3.63) is 66.7 Å². The van der Waals surface area contributed by atoms with Crippen LogP contribution in [-0.4, -0.2) is 10.3 Å². The number of rotatable bonds is 2. The van der Waals surface area contributed by atoms with E-state index in [0.717, 1.165) is 0 Å². The van der Waals surface area contributed by atoms with E-state index in [1.54, 1.807) is 5.30 Å². The number of hydrogen-bond acceptors (Lipinski definition) is 0. The standard InChI is InChI=1S/C20H27P.C4H7.ClH.Pd/c1-19(2,3)21(20(4,5)6)18-15-11-10-14-17(18)16-12-8-7-9-13-16;1-3-4-2;;/h7-15H,1-6H3;3H,1-2H3;1H;/q;-1;;+2. The van der Waals surface area contributed by atoms with Crippen molar-refractivity contribution in [2.75, 3.05) is 0 Å². The summed E-state index contributed by atoms with van der Waals surface area (Å²) < 4.78 is 0. The number of halogens is 1. The van der Waals surface area contributed by atoms with Gasteiger partial charge in [-0.15, -0.1) is 0 Å². The summed E-state index contributed by atoms with van der Waals surface area (Å²) in [4.78, 5) is 0. The molecule has 0 heterocycles. The van der Waals surface area contributed by atoms with Gasteiger partial charge in [-0.1, -0.05) is 55.5 Å². The molecule has 0 aliphatic rings. The zero-order valence-electron chi connectivity index (χ0n) is 18.0. The van der Waals surface area contributed by atoms with Crippen LogP contribution in [0.15, 0.2) is 60.7 Å². The Morgan fingerprint density at radius 3 is 1.63 bits per heavy atom. The third-order valence-corrected chi connectivity index (χ3v) is 8.04. The van der Waals surface area contributed by atoms with Gasteiger partial charge in [0.2, 0.25) is 0 Å². The molecule has 0 atom stereocenters. The van der Waals surface area contributed by atoms with Crippen LogP contribution in [0.5, 0.6) is 0 Å². The summed E-state index contributed by atoms with van der Waals surface area (Å²) in [7, 11) is 3.76. The monoisotopic (exact) mass is 495 g/mol. The maximum atomic E-state index is 4.49. The molecule has 0 saturated carbocycles. The summed E-state index contributed by atoms with van der Waals surface area (Å²) in [5, 5.41) is 2.22. The Morgan fingerprint density at radius 1 is 0.815 bits per heavy atom. The number of hydrogen-bond donors (Lipinski definition) is 0. The third-order valence-electron chi connectivity index (χ3n) is 4.07. The predicted octanol–water partition coefficient (Wildman–Crippen LogP) is 7.86. The van der Waals surface area contributed by atoms with Crippen LogP contribution in [0.1, 0.15) is 55.4 Å². The molecule has 0 aromatic heterocycles. The van der Waals surface area contributed by atoms with E-state index in [1.165, 1.54) is 11.1 Å². The van der Waals surface area contributed by atoms with Gasteiger partial charge in [0, 0.05) is 13.5 Å². The van der Waals surface area contributed by atoms with Crippen LogP contribution in [0.4, 0.5) is 0 Å². The number of benzene rings is 2. The molecule has 0 bridgehead atoms. The first kappa shape index (κ1) is 26.6. The molecule has 2 aromatic rings. The fourth-order valence-electron chi connectivity index (χ4n) is 3.50. The summed E-state index contributed by atoms with van der Waals surface area (Å²) in [6, 6.07) is 19.8. The first-order valence-electron chi connectivity index (χ1n) is 9.22. The van der Waals surface area contributed by atoms with Gasteiger partial charge in [0.05, 0.1) is 10.3 Å². The second-order valence-electron chi connectivity index (χ2n) is 8.36. The van der Waals surface area contributed by atoms with E-state index >= 15 is 0 Å². The molecule has 0 amide bonds. The van der Waals surface area contributed by atoms with Crippen molar-refractivity contribution in [1.29, 1.82) is 0 Å². The molecule has 0 aliphatic heterocycles. The van der Waals surface area contributed by atoms with E-state index in [9.17, 15) is 0 Å². The van der Waals surface area contributed by atoms with Crippen LogP contribution in [-0.2, 0) is 18.2 Å². The van der Waals surface area contributed by atoms with E-state index in [2.05, 4.69) is 130 Å². The zero-order valence-corrected chi connectivity index (χ0v) is 21.3. The molecular weight excluding hydrogens is 461 g/mol. The maximum absolute atomic E-state index is 4.49. The van der Waals surface area contributed by atoms with Crippen molar-refractivity contribution in [3.8, 4) is 11.1 Å². The summed E-state index contributed by atoms with van der Waals surface area (Å²) in [5.41, 5.74) is 2.75. The SMILES string of the molecule is CC(C)(C)[PH+](c1ccccc1-c1ccccc1)C(C)(C)C.C[C-]=CC.[Cl][Pd+]. The van der Waals surface area contributed by atoms with Gasteiger partial charge in [-0.2, -0.15) is 6.92 Å². The Hall–Kier alpha value is -0.438. The van der Waals surface area contributed by atoms with Crippen LogP contribution in [0, 0.1) is 6.08 Å². The van der Waals surface area contributed by atoms with Gasteiger partial charge in [-0.05, 0) is 53.2 Å². The Kier molecular flexibility index (Phi) is 12.7. The summed E-state index contributed by atoms with van der Waals surface area (Å²) in [5.74, 6) is 0. The van der Waals surface area contributed by atoms with E-state index in [4.69, 9.17) is 0 Å². The molecule has 0 saturated heterocycles. The topological polar surface area (TPSA) is 0 Å². The molecule has 0 spiro atoms. The molecule has 0 fully saturated rings. The molecule has 0 aliphatic carbocycles. The second-order valence-corrected chi connectivity index (χ2v) is 12.7. The zero-order chi connectivity index (χ0) is 21.1. The van der Waals surface area contributed by atoms with Gasteiger partial charge < -0.3 is 6.08 Å². The molecule has 3 heteroatoms. The Labute approximate surface area is 183 Å². The van der Waals surface area contributed by atoms with E-state index in [-0.39, 0.29) is 0 Å². The normalized spacial score (nSPS) is 11.6. The van der Waals surface area contributed by atoms with Gasteiger partial charge in [-0.3, -0.25) is 6.08 Å². The first-order chi connectivity index (χ1) is 12.6. The minimum atomic E-state index is -0.730. The number of allylic oxidation sites excluding steroid dienone is 2. The van der Waals surface area contributed by atoms with Crippen molar-refractivity contribution in [2.24, 2.45) is 0 Å². The van der Waals surface area contributed by atoms with Crippen LogP contribution < -0.4 is 5.30 Å². The summed E-state index contributed by atoms with van der Waals surface area (Å²) in [6.07, 6.45) is 4.68. The molecule has 0 radical (unpaired) electrons. The average Bonchev–Trinajstić information content (AvgIpc) is 2.62. The molecule has 0 N–H and O–H groups in total. The predicted molar refractivity (Wildman–Crippen MR) is 124 cm³/mol. The van der Waals surface area contributed by atoms with Crippen molar-refractivity contribution in [1.82, 2.24) is 0 Å². The van der Waals surface area contributed by atoms with Gasteiger partial charge in [0.25, 0.3) is 0 Å². The summed E-state index contributed by atoms with van der Waals surface area (Å²) in [6.45, 7) is 18.2. The minimum absolute atomic E-state index is 0.327. The molecule has 152 valence electrons. The molecule has 27 heavy (non-hydrogen) atoms. The fraction of sp³-hybridized carbons (Fsp3) is 0.417. The Morgan fingerprint density at radius 2 is 1.22 bits per heavy atom. The van der Waals surface area contributed by atoms with Crippen molar-refractivity contribution >= 4 is 22.8 Å². The quantitative estimate of drug-likeness (QED) is 0.226. The molecule has 0 nitrogen and oxygen atoms in total. The van der Waals surface area contributed by atoms with Crippen molar-refractivity contribution in [3.63, 3.8) is 0 Å². The second kappa shape index (κ2) is 12.9. The van der Waals surface area contributed by atoms with Crippen LogP contribution in [0.25, 0.3) is 11.1 Å². The Bertz CT molecular complexity index is 649. The van der Waals surface area contributed by atoms with E-state index < -0.39 is 7.92 Å². The van der Waals surface area contributed by atoms with Crippen LogP contribution >= 0.6 is 17.5 Å². The summed E-state index contributed by atoms with van der Waals surface area (Å²) >= 11 is 2.22. The average molecular weight is 496 g/mol. The van der Waals surface area contributed by atoms with Gasteiger partial charge in [0.15, 0.2) is 0 Å². The molecule has 0 unspecified atom stereocenters. The van der Waals surface area contributed by atoms with Gasteiger partial charge in [0.1, 0.15) is 5.30 Å². The third kappa shape index (κ3) is 9.07. The van der Waals surface area contributed by atoms with Gasteiger partial charge in [-0.25, -0.2) is 0 Å². The molecular formula is C24H35ClPPd+. The van der Waals surface area contributed by atoms with Crippen molar-refractivity contribution in [2.45, 2.75) is 65.7 Å². The van der Waals surface area contributed by atoms with Crippen molar-refractivity contribution < 1.29 is 18.2 Å². The Balaban J connectivity index is 0.000000998. The van der Waals surface area contributed by atoms with Crippen LogP contribution in [0.3, 0.4) is 0 Å². The molecule has 2 aromatic carbocycles. The fourth-order valence-corrected chi connectivity index (χ4v) is 8.13. The van der Waals surface area contributed by atoms with Crippen LogP contribution in [0.2, 0.25) is 0 Å². The van der Waals surface area contributed by atoms with E-state index in [1.807, 2.05) is 19.9 Å². The molecule has 2 rings (SSSR count). The van der Waals surface area contributed by atoms with E-state index in [0.29, 0.717) is 10.3 Å². The first-order valence-corrected chi connectivity index (χ1v) is 12.7. The van der Waals surface area contributed by atoms with Gasteiger partial charge >= 0.3 is 27.7 Å².